The maximum atomic E-state index is 6.18. The fourth-order valence-electron chi connectivity index (χ4n) is 1.64. The van der Waals surface area contributed by atoms with E-state index in [1.54, 1.807) is 11.8 Å². The molecule has 0 atom stereocenters. The molecule has 2 aromatic rings. The molecule has 0 spiro atoms. The SMILES string of the molecule is Cc1cccc(C)c1Sc1c(Cl)cccc1Cl. The molecule has 0 bridgehead atoms. The van der Waals surface area contributed by atoms with Gasteiger partial charge in [0, 0.05) is 9.79 Å². The molecule has 0 aliphatic heterocycles. The molecule has 0 saturated heterocycles. The van der Waals surface area contributed by atoms with E-state index in [-0.39, 0.29) is 0 Å². The Hall–Kier alpha value is -0.630. The Morgan fingerprint density at radius 1 is 0.765 bits per heavy atom. The molecule has 0 aliphatic rings. The van der Waals surface area contributed by atoms with Crippen LogP contribution in [0.25, 0.3) is 0 Å². The van der Waals surface area contributed by atoms with Crippen molar-refractivity contribution in [2.45, 2.75) is 23.6 Å². The van der Waals surface area contributed by atoms with Crippen molar-refractivity contribution in [2.24, 2.45) is 0 Å². The Morgan fingerprint density at radius 2 is 1.24 bits per heavy atom. The number of aryl methyl sites for hydroxylation is 2. The Balaban J connectivity index is 2.45. The second-order valence-electron chi connectivity index (χ2n) is 3.87. The van der Waals surface area contributed by atoms with E-state index >= 15 is 0 Å². The monoisotopic (exact) mass is 282 g/mol. The van der Waals surface area contributed by atoms with Gasteiger partial charge in [0.15, 0.2) is 0 Å². The molecule has 0 aliphatic carbocycles. The van der Waals surface area contributed by atoms with Crippen LogP contribution in [0, 0.1) is 13.8 Å². The van der Waals surface area contributed by atoms with Crippen LogP contribution in [0.1, 0.15) is 11.1 Å². The summed E-state index contributed by atoms with van der Waals surface area (Å²) in [6, 6.07) is 11.8. The van der Waals surface area contributed by atoms with Gasteiger partial charge in [0.05, 0.1) is 10.0 Å². The van der Waals surface area contributed by atoms with Gasteiger partial charge in [0.2, 0.25) is 0 Å². The highest BCUT2D eigenvalue weighted by molar-refractivity contribution is 7.99. The van der Waals surface area contributed by atoms with E-state index in [0.717, 1.165) is 4.90 Å². The highest BCUT2D eigenvalue weighted by atomic mass is 35.5. The molecule has 0 radical (unpaired) electrons. The number of benzene rings is 2. The van der Waals surface area contributed by atoms with E-state index in [1.807, 2.05) is 18.2 Å². The molecular formula is C14H12Cl2S. The summed E-state index contributed by atoms with van der Waals surface area (Å²) in [5, 5.41) is 1.40. The van der Waals surface area contributed by atoms with Gasteiger partial charge >= 0.3 is 0 Å². The van der Waals surface area contributed by atoms with E-state index in [9.17, 15) is 0 Å². The third kappa shape index (κ3) is 2.79. The fourth-order valence-corrected chi connectivity index (χ4v) is 3.26. The third-order valence-corrected chi connectivity index (χ3v) is 4.88. The topological polar surface area (TPSA) is 0 Å². The van der Waals surface area contributed by atoms with Gasteiger partial charge in [-0.3, -0.25) is 0 Å². The molecule has 2 aromatic carbocycles. The van der Waals surface area contributed by atoms with Gasteiger partial charge in [-0.1, -0.05) is 59.2 Å². The molecule has 0 aromatic heterocycles. The molecule has 0 unspecified atom stereocenters. The molecule has 2 rings (SSSR count). The summed E-state index contributed by atoms with van der Waals surface area (Å²) in [5.41, 5.74) is 2.48. The predicted octanol–water partition coefficient (Wildman–Crippen LogP) is 5.76. The van der Waals surface area contributed by atoms with Gasteiger partial charge in [-0.2, -0.15) is 0 Å². The minimum Gasteiger partial charge on any atom is -0.0864 e. The lowest BCUT2D eigenvalue weighted by atomic mass is 10.2. The second kappa shape index (κ2) is 5.34. The van der Waals surface area contributed by atoms with Crippen molar-refractivity contribution in [3.05, 3.63) is 57.6 Å². The highest BCUT2D eigenvalue weighted by Gasteiger charge is 2.10. The van der Waals surface area contributed by atoms with Crippen LogP contribution in [0.2, 0.25) is 10.0 Å². The molecule has 88 valence electrons. The first-order valence-corrected chi connectivity index (χ1v) is 6.85. The Bertz CT molecular complexity index is 460. The normalized spacial score (nSPS) is 10.6. The van der Waals surface area contributed by atoms with Crippen molar-refractivity contribution in [3.8, 4) is 0 Å². The standard InChI is InChI=1S/C14H12Cl2S/c1-9-5-3-6-10(2)13(9)17-14-11(15)7-4-8-12(14)16/h3-8H,1-2H3. The van der Waals surface area contributed by atoms with E-state index in [2.05, 4.69) is 32.0 Å². The molecule has 0 fully saturated rings. The zero-order valence-electron chi connectivity index (χ0n) is 9.63. The highest BCUT2D eigenvalue weighted by Crippen LogP contribution is 2.40. The van der Waals surface area contributed by atoms with Gasteiger partial charge in [-0.15, -0.1) is 0 Å². The van der Waals surface area contributed by atoms with Crippen LogP contribution in [0.4, 0.5) is 0 Å². The lowest BCUT2D eigenvalue weighted by Crippen LogP contribution is -1.85. The lowest BCUT2D eigenvalue weighted by Gasteiger charge is -2.11. The maximum absolute atomic E-state index is 6.18. The molecule has 0 heterocycles. The summed E-state index contributed by atoms with van der Waals surface area (Å²) in [5.74, 6) is 0. The first-order valence-electron chi connectivity index (χ1n) is 5.27. The van der Waals surface area contributed by atoms with E-state index in [0.29, 0.717) is 10.0 Å². The maximum Gasteiger partial charge on any atom is 0.0560 e. The molecule has 0 amide bonds. The summed E-state index contributed by atoms with van der Waals surface area (Å²) in [4.78, 5) is 2.15. The first-order chi connectivity index (χ1) is 8.09. The van der Waals surface area contributed by atoms with Crippen LogP contribution in [-0.2, 0) is 0 Å². The lowest BCUT2D eigenvalue weighted by molar-refractivity contribution is 1.21. The van der Waals surface area contributed by atoms with Crippen molar-refractivity contribution in [2.75, 3.05) is 0 Å². The average molecular weight is 283 g/mol. The Kier molecular flexibility index (Phi) is 4.03. The Labute approximate surface area is 116 Å². The van der Waals surface area contributed by atoms with Crippen LogP contribution < -0.4 is 0 Å². The van der Waals surface area contributed by atoms with Crippen LogP contribution in [-0.4, -0.2) is 0 Å². The number of hydrogen-bond donors (Lipinski definition) is 0. The van der Waals surface area contributed by atoms with Gasteiger partial charge in [0.1, 0.15) is 0 Å². The fraction of sp³-hybridized carbons (Fsp3) is 0.143. The first kappa shape index (κ1) is 12.8. The van der Waals surface area contributed by atoms with Crippen molar-refractivity contribution >= 4 is 35.0 Å². The number of hydrogen-bond acceptors (Lipinski definition) is 1. The van der Waals surface area contributed by atoms with Gasteiger partial charge < -0.3 is 0 Å². The van der Waals surface area contributed by atoms with Gasteiger partial charge in [-0.25, -0.2) is 0 Å². The van der Waals surface area contributed by atoms with Crippen LogP contribution in [0.5, 0.6) is 0 Å². The predicted molar refractivity (Wildman–Crippen MR) is 76.5 cm³/mol. The van der Waals surface area contributed by atoms with Gasteiger partial charge in [0.25, 0.3) is 0 Å². The third-order valence-electron chi connectivity index (χ3n) is 2.53. The van der Waals surface area contributed by atoms with Crippen molar-refractivity contribution < 1.29 is 0 Å². The molecule has 0 N–H and O–H groups in total. The molecule has 3 heteroatoms. The molecular weight excluding hydrogens is 271 g/mol. The van der Waals surface area contributed by atoms with Crippen LogP contribution >= 0.6 is 35.0 Å². The van der Waals surface area contributed by atoms with Crippen molar-refractivity contribution in [3.63, 3.8) is 0 Å². The molecule has 17 heavy (non-hydrogen) atoms. The molecule has 0 nitrogen and oxygen atoms in total. The summed E-state index contributed by atoms with van der Waals surface area (Å²) in [6.07, 6.45) is 0. The smallest absolute Gasteiger partial charge is 0.0560 e. The summed E-state index contributed by atoms with van der Waals surface area (Å²) in [6.45, 7) is 4.19. The number of rotatable bonds is 2. The quantitative estimate of drug-likeness (QED) is 0.675. The largest absolute Gasteiger partial charge is 0.0864 e. The Morgan fingerprint density at radius 3 is 1.76 bits per heavy atom. The summed E-state index contributed by atoms with van der Waals surface area (Å²) in [7, 11) is 0. The number of halogens is 2. The summed E-state index contributed by atoms with van der Waals surface area (Å²) < 4.78 is 0. The van der Waals surface area contributed by atoms with Crippen LogP contribution in [0.3, 0.4) is 0 Å². The van der Waals surface area contributed by atoms with Gasteiger partial charge in [-0.05, 0) is 37.1 Å². The zero-order chi connectivity index (χ0) is 12.4. The molecule has 0 saturated carbocycles. The zero-order valence-corrected chi connectivity index (χ0v) is 12.0. The minimum atomic E-state index is 0.699. The second-order valence-corrected chi connectivity index (χ2v) is 5.71. The van der Waals surface area contributed by atoms with Crippen LogP contribution in [0.15, 0.2) is 46.2 Å². The minimum absolute atomic E-state index is 0.699. The van der Waals surface area contributed by atoms with E-state index < -0.39 is 0 Å². The summed E-state index contributed by atoms with van der Waals surface area (Å²) >= 11 is 14.0. The van der Waals surface area contributed by atoms with E-state index in [4.69, 9.17) is 23.2 Å². The average Bonchev–Trinajstić information content (AvgIpc) is 2.27. The van der Waals surface area contributed by atoms with E-state index in [1.165, 1.54) is 16.0 Å². The van der Waals surface area contributed by atoms with Crippen molar-refractivity contribution in [1.29, 1.82) is 0 Å². The van der Waals surface area contributed by atoms with Crippen molar-refractivity contribution in [1.82, 2.24) is 0 Å².